The van der Waals surface area contributed by atoms with Crippen LogP contribution in [0.15, 0.2) is 40.5 Å². The predicted molar refractivity (Wildman–Crippen MR) is 82.0 cm³/mol. The van der Waals surface area contributed by atoms with E-state index < -0.39 is 8.32 Å². The Morgan fingerprint density at radius 1 is 1.16 bits per heavy atom. The van der Waals surface area contributed by atoms with E-state index in [4.69, 9.17) is 9.26 Å². The van der Waals surface area contributed by atoms with Crippen molar-refractivity contribution in [2.24, 2.45) is 10.2 Å². The van der Waals surface area contributed by atoms with Crippen LogP contribution >= 0.6 is 0 Å². The summed E-state index contributed by atoms with van der Waals surface area (Å²) in [5.41, 5.74) is 3.74. The molecule has 0 aromatic heterocycles. The molecule has 1 aromatic carbocycles. The van der Waals surface area contributed by atoms with Crippen LogP contribution in [0.25, 0.3) is 0 Å². The van der Waals surface area contributed by atoms with Gasteiger partial charge in [0.05, 0.1) is 11.9 Å². The third kappa shape index (κ3) is 8.12. The van der Waals surface area contributed by atoms with E-state index in [0.717, 1.165) is 5.69 Å². The van der Waals surface area contributed by atoms with Gasteiger partial charge >= 0.3 is 0 Å². The van der Waals surface area contributed by atoms with Crippen molar-refractivity contribution in [3.63, 3.8) is 0 Å². The van der Waals surface area contributed by atoms with Gasteiger partial charge in [0.25, 0.3) is 0 Å². The Bertz CT molecular complexity index is 416. The molecule has 0 heterocycles. The van der Waals surface area contributed by atoms with Crippen molar-refractivity contribution in [3.05, 3.63) is 30.3 Å². The van der Waals surface area contributed by atoms with E-state index in [1.54, 1.807) is 6.21 Å². The molecule has 0 aliphatic carbocycles. The highest BCUT2D eigenvalue weighted by Gasteiger charge is 2.13. The SMILES string of the molecule is C[C@@H](C=NN=CO[Si](C)(C)C)ONc1ccccc1. The number of para-hydroxylation sites is 1. The molecule has 0 fully saturated rings. The number of hydrogen-bond acceptors (Lipinski definition) is 5. The molecule has 5 nitrogen and oxygen atoms in total. The van der Waals surface area contributed by atoms with Crippen molar-refractivity contribution in [2.45, 2.75) is 32.7 Å². The molecule has 0 spiro atoms. The maximum Gasteiger partial charge on any atom is 0.243 e. The quantitative estimate of drug-likeness (QED) is 0.361. The van der Waals surface area contributed by atoms with E-state index in [2.05, 4.69) is 35.3 Å². The molecular weight excluding hydrogens is 258 g/mol. The first-order valence-corrected chi connectivity index (χ1v) is 9.58. The number of benzene rings is 1. The lowest BCUT2D eigenvalue weighted by Crippen LogP contribution is -2.24. The average Bonchev–Trinajstić information content (AvgIpc) is 2.36. The Morgan fingerprint density at radius 3 is 2.47 bits per heavy atom. The molecule has 104 valence electrons. The molecule has 0 radical (unpaired) electrons. The summed E-state index contributed by atoms with van der Waals surface area (Å²) in [5.74, 6) is 0. The molecule has 0 amide bonds. The number of hydrogen-bond donors (Lipinski definition) is 1. The van der Waals surface area contributed by atoms with Crippen molar-refractivity contribution in [1.29, 1.82) is 0 Å². The van der Waals surface area contributed by atoms with Crippen molar-refractivity contribution < 1.29 is 9.26 Å². The Hall–Kier alpha value is -1.66. The molecule has 0 unspecified atom stereocenters. The van der Waals surface area contributed by atoms with Crippen LogP contribution in [0.3, 0.4) is 0 Å². The highest BCUT2D eigenvalue weighted by Crippen LogP contribution is 2.05. The van der Waals surface area contributed by atoms with Crippen molar-refractivity contribution in [3.8, 4) is 0 Å². The van der Waals surface area contributed by atoms with Gasteiger partial charge < -0.3 is 4.43 Å². The van der Waals surface area contributed by atoms with Gasteiger partial charge in [-0.05, 0) is 38.7 Å². The molecule has 1 aromatic rings. The first kappa shape index (κ1) is 15.4. The number of anilines is 1. The molecule has 0 bridgehead atoms. The molecule has 1 atom stereocenters. The molecule has 19 heavy (non-hydrogen) atoms. The van der Waals surface area contributed by atoms with E-state index in [9.17, 15) is 0 Å². The number of nitrogens with one attached hydrogen (secondary N) is 1. The summed E-state index contributed by atoms with van der Waals surface area (Å²) in [4.78, 5) is 5.37. The zero-order valence-electron chi connectivity index (χ0n) is 11.8. The van der Waals surface area contributed by atoms with Crippen LogP contribution < -0.4 is 5.48 Å². The molecule has 0 aliphatic heterocycles. The zero-order valence-corrected chi connectivity index (χ0v) is 12.8. The van der Waals surface area contributed by atoms with Crippen molar-refractivity contribution in [1.82, 2.24) is 0 Å². The molecule has 6 heteroatoms. The molecule has 0 saturated carbocycles. The minimum absolute atomic E-state index is 0.191. The second-order valence-corrected chi connectivity index (χ2v) is 9.47. The third-order valence-corrected chi connectivity index (χ3v) is 2.75. The van der Waals surface area contributed by atoms with Gasteiger partial charge in [0.15, 0.2) is 6.40 Å². The normalized spacial score (nSPS) is 13.9. The van der Waals surface area contributed by atoms with E-state index in [0.29, 0.717) is 0 Å². The first-order valence-electron chi connectivity index (χ1n) is 6.17. The van der Waals surface area contributed by atoms with Gasteiger partial charge in [-0.2, -0.15) is 5.10 Å². The van der Waals surface area contributed by atoms with Crippen LogP contribution in [0.1, 0.15) is 6.92 Å². The second-order valence-electron chi connectivity index (χ2n) is 5.01. The van der Waals surface area contributed by atoms with Gasteiger partial charge in [-0.25, -0.2) is 0 Å². The standard InChI is InChI=1S/C13H21N3O2Si/c1-12(10-14-15-11-17-19(2,3)4)18-16-13-8-6-5-7-9-13/h5-12,16H,1-4H3/t12-/m0/s1. The minimum Gasteiger partial charge on any atom is -0.535 e. The molecular formula is C13H21N3O2Si. The van der Waals surface area contributed by atoms with Crippen LogP contribution in [-0.2, 0) is 9.26 Å². The lowest BCUT2D eigenvalue weighted by molar-refractivity contribution is 0.170. The van der Waals surface area contributed by atoms with Crippen LogP contribution in [0.5, 0.6) is 0 Å². The van der Waals surface area contributed by atoms with Crippen molar-refractivity contribution >= 4 is 26.6 Å². The predicted octanol–water partition coefficient (Wildman–Crippen LogP) is 3.28. The van der Waals surface area contributed by atoms with Crippen LogP contribution in [0.4, 0.5) is 5.69 Å². The monoisotopic (exact) mass is 279 g/mol. The lowest BCUT2D eigenvalue weighted by Gasteiger charge is -2.13. The summed E-state index contributed by atoms with van der Waals surface area (Å²) >= 11 is 0. The molecule has 0 saturated heterocycles. The fraction of sp³-hybridized carbons (Fsp3) is 0.385. The van der Waals surface area contributed by atoms with Gasteiger partial charge in [0.2, 0.25) is 8.32 Å². The van der Waals surface area contributed by atoms with E-state index in [-0.39, 0.29) is 6.10 Å². The Balaban J connectivity index is 2.25. The third-order valence-electron chi connectivity index (χ3n) is 1.93. The zero-order chi connectivity index (χ0) is 14.1. The highest BCUT2D eigenvalue weighted by atomic mass is 28.4. The Morgan fingerprint density at radius 2 is 1.84 bits per heavy atom. The molecule has 0 aliphatic rings. The maximum atomic E-state index is 5.42. The molecule has 1 N–H and O–H groups in total. The first-order chi connectivity index (χ1) is 8.97. The van der Waals surface area contributed by atoms with Gasteiger partial charge in [-0.3, -0.25) is 10.3 Å². The number of rotatable bonds is 7. The summed E-state index contributed by atoms with van der Waals surface area (Å²) < 4.78 is 5.42. The van der Waals surface area contributed by atoms with Gasteiger partial charge in [-0.1, -0.05) is 18.2 Å². The Labute approximate surface area is 115 Å². The van der Waals surface area contributed by atoms with E-state index in [1.165, 1.54) is 6.40 Å². The van der Waals surface area contributed by atoms with E-state index >= 15 is 0 Å². The van der Waals surface area contributed by atoms with Crippen LogP contribution in [0.2, 0.25) is 19.6 Å². The van der Waals surface area contributed by atoms with Crippen LogP contribution in [-0.4, -0.2) is 27.0 Å². The van der Waals surface area contributed by atoms with Crippen molar-refractivity contribution in [2.75, 3.05) is 5.48 Å². The smallest absolute Gasteiger partial charge is 0.243 e. The minimum atomic E-state index is -1.56. The fourth-order valence-corrected chi connectivity index (χ4v) is 1.40. The van der Waals surface area contributed by atoms with Gasteiger partial charge in [-0.15, -0.1) is 5.10 Å². The van der Waals surface area contributed by atoms with E-state index in [1.807, 2.05) is 37.3 Å². The highest BCUT2D eigenvalue weighted by molar-refractivity contribution is 6.70. The summed E-state index contributed by atoms with van der Waals surface area (Å²) in [6.07, 6.45) is 2.80. The summed E-state index contributed by atoms with van der Waals surface area (Å²) in [5, 5.41) is 7.66. The molecule has 1 rings (SSSR count). The second kappa shape index (κ2) is 7.70. The lowest BCUT2D eigenvalue weighted by atomic mass is 10.3. The summed E-state index contributed by atoms with van der Waals surface area (Å²) in [6.45, 7) is 8.11. The van der Waals surface area contributed by atoms with Gasteiger partial charge in [0, 0.05) is 0 Å². The Kier molecular flexibility index (Phi) is 6.24. The average molecular weight is 279 g/mol. The fourth-order valence-electron chi connectivity index (χ4n) is 1.04. The maximum absolute atomic E-state index is 5.42. The van der Waals surface area contributed by atoms with Crippen LogP contribution in [0, 0.1) is 0 Å². The topological polar surface area (TPSA) is 55.2 Å². The number of nitrogens with zero attached hydrogens (tertiary/aromatic N) is 2. The summed E-state index contributed by atoms with van der Waals surface area (Å²) in [7, 11) is -1.56. The van der Waals surface area contributed by atoms with Gasteiger partial charge in [0.1, 0.15) is 6.10 Å². The largest absolute Gasteiger partial charge is 0.535 e. The summed E-state index contributed by atoms with van der Waals surface area (Å²) in [6, 6.07) is 9.65.